The molecule has 0 amide bonds. The second-order valence-corrected chi connectivity index (χ2v) is 8.51. The lowest BCUT2D eigenvalue weighted by Crippen LogP contribution is -2.13. The van der Waals surface area contributed by atoms with Gasteiger partial charge in [-0.1, -0.05) is 67.8 Å². The predicted molar refractivity (Wildman–Crippen MR) is 84.2 cm³/mol. The SMILES string of the molecule is Cc1ccc(SC2(Br)C=CC(Br)=CC2)c(C)c1. The van der Waals surface area contributed by atoms with Crippen LogP contribution >= 0.6 is 43.6 Å². The second kappa shape index (κ2) is 5.33. The topological polar surface area (TPSA) is 0 Å². The Morgan fingerprint density at radius 1 is 1.29 bits per heavy atom. The molecule has 0 fully saturated rings. The molecule has 1 aliphatic rings. The quantitative estimate of drug-likeness (QED) is 0.597. The van der Waals surface area contributed by atoms with Crippen LogP contribution in [0.1, 0.15) is 17.5 Å². The van der Waals surface area contributed by atoms with Crippen molar-refractivity contribution in [3.05, 3.63) is 52.0 Å². The van der Waals surface area contributed by atoms with E-state index in [1.54, 1.807) is 0 Å². The van der Waals surface area contributed by atoms with E-state index in [4.69, 9.17) is 0 Å². The van der Waals surface area contributed by atoms with Gasteiger partial charge in [-0.2, -0.15) is 0 Å². The van der Waals surface area contributed by atoms with Gasteiger partial charge in [0.25, 0.3) is 0 Å². The number of aryl methyl sites for hydroxylation is 2. The van der Waals surface area contributed by atoms with Crippen LogP contribution in [0.4, 0.5) is 0 Å². The monoisotopic (exact) mass is 372 g/mol. The van der Waals surface area contributed by atoms with Crippen LogP contribution in [0, 0.1) is 13.8 Å². The van der Waals surface area contributed by atoms with Gasteiger partial charge in [0.1, 0.15) is 0 Å². The van der Waals surface area contributed by atoms with Gasteiger partial charge in [0.05, 0.1) is 3.66 Å². The van der Waals surface area contributed by atoms with Crippen LogP contribution in [0.2, 0.25) is 0 Å². The fourth-order valence-electron chi connectivity index (χ4n) is 1.75. The molecule has 0 saturated heterocycles. The summed E-state index contributed by atoms with van der Waals surface area (Å²) in [4.78, 5) is 1.34. The standard InChI is InChI=1S/C14H14Br2S/c1-10-3-4-13(11(2)9-10)17-14(16)7-5-12(15)6-8-14/h3-7,9H,8H2,1-2H3. The van der Waals surface area contributed by atoms with Crippen LogP contribution in [0.3, 0.4) is 0 Å². The van der Waals surface area contributed by atoms with Gasteiger partial charge < -0.3 is 0 Å². The molecule has 0 spiro atoms. The molecule has 90 valence electrons. The van der Waals surface area contributed by atoms with E-state index in [1.165, 1.54) is 16.0 Å². The number of benzene rings is 1. The Labute approximate surface area is 124 Å². The first kappa shape index (κ1) is 13.4. The van der Waals surface area contributed by atoms with E-state index in [0.29, 0.717) is 0 Å². The Hall–Kier alpha value is 0.01000. The number of thioether (sulfide) groups is 1. The molecule has 0 heterocycles. The van der Waals surface area contributed by atoms with E-state index in [0.717, 1.165) is 10.9 Å². The fourth-order valence-corrected chi connectivity index (χ4v) is 3.88. The summed E-state index contributed by atoms with van der Waals surface area (Å²) < 4.78 is 1.15. The Morgan fingerprint density at radius 2 is 2.06 bits per heavy atom. The van der Waals surface area contributed by atoms with E-state index in [2.05, 4.69) is 82.1 Å². The van der Waals surface area contributed by atoms with Crippen molar-refractivity contribution in [1.29, 1.82) is 0 Å². The zero-order valence-electron chi connectivity index (χ0n) is 9.84. The minimum atomic E-state index is -0.00963. The lowest BCUT2D eigenvalue weighted by atomic mass is 10.2. The normalized spacial score (nSPS) is 23.6. The largest absolute Gasteiger partial charge is 0.103 e. The Balaban J connectivity index is 2.19. The molecule has 0 nitrogen and oxygen atoms in total. The van der Waals surface area contributed by atoms with Gasteiger partial charge in [0, 0.05) is 9.38 Å². The van der Waals surface area contributed by atoms with Crippen LogP contribution in [0.15, 0.2) is 45.8 Å². The first-order valence-electron chi connectivity index (χ1n) is 5.49. The average molecular weight is 374 g/mol. The fraction of sp³-hybridized carbons (Fsp3) is 0.286. The van der Waals surface area contributed by atoms with Gasteiger partial charge in [0.15, 0.2) is 0 Å². The maximum Gasteiger partial charge on any atom is 0.0972 e. The van der Waals surface area contributed by atoms with Crippen molar-refractivity contribution in [1.82, 2.24) is 0 Å². The van der Waals surface area contributed by atoms with Crippen molar-refractivity contribution in [2.24, 2.45) is 0 Å². The lowest BCUT2D eigenvalue weighted by molar-refractivity contribution is 1.00. The van der Waals surface area contributed by atoms with Gasteiger partial charge in [-0.15, -0.1) is 11.8 Å². The van der Waals surface area contributed by atoms with Gasteiger partial charge in [0.2, 0.25) is 0 Å². The summed E-state index contributed by atoms with van der Waals surface area (Å²) in [5, 5.41) is 0. The molecule has 3 heteroatoms. The number of hydrogen-bond donors (Lipinski definition) is 0. The van der Waals surface area contributed by atoms with Gasteiger partial charge in [-0.05, 0) is 31.9 Å². The van der Waals surface area contributed by atoms with Crippen LogP contribution in [0.5, 0.6) is 0 Å². The molecule has 1 atom stereocenters. The van der Waals surface area contributed by atoms with Gasteiger partial charge >= 0.3 is 0 Å². The summed E-state index contributed by atoms with van der Waals surface area (Å²) in [6.45, 7) is 4.30. The molecular formula is C14H14Br2S. The Kier molecular flexibility index (Phi) is 4.22. The number of halogens is 2. The zero-order valence-corrected chi connectivity index (χ0v) is 13.8. The maximum absolute atomic E-state index is 3.82. The third-order valence-corrected chi connectivity index (χ3v) is 5.66. The smallest absolute Gasteiger partial charge is 0.0972 e. The summed E-state index contributed by atoms with van der Waals surface area (Å²) in [5.74, 6) is 0. The van der Waals surface area contributed by atoms with Crippen LogP contribution < -0.4 is 0 Å². The molecule has 0 aliphatic heterocycles. The minimum absolute atomic E-state index is 0.00963. The zero-order chi connectivity index (χ0) is 12.5. The van der Waals surface area contributed by atoms with Crippen molar-refractivity contribution in [3.8, 4) is 0 Å². The number of rotatable bonds is 2. The number of allylic oxidation sites excluding steroid dienone is 3. The van der Waals surface area contributed by atoms with Crippen LogP contribution in [-0.4, -0.2) is 3.66 Å². The lowest BCUT2D eigenvalue weighted by Gasteiger charge is -2.25. The highest BCUT2D eigenvalue weighted by Gasteiger charge is 2.26. The molecule has 0 N–H and O–H groups in total. The summed E-state index contributed by atoms with van der Waals surface area (Å²) in [7, 11) is 0. The van der Waals surface area contributed by atoms with Crippen LogP contribution in [0.25, 0.3) is 0 Å². The van der Waals surface area contributed by atoms with E-state index < -0.39 is 0 Å². The molecule has 1 aromatic rings. The van der Waals surface area contributed by atoms with E-state index in [-0.39, 0.29) is 3.66 Å². The first-order chi connectivity index (χ1) is 7.98. The Morgan fingerprint density at radius 3 is 2.65 bits per heavy atom. The summed E-state index contributed by atoms with van der Waals surface area (Å²) in [6.07, 6.45) is 7.50. The number of hydrogen-bond acceptors (Lipinski definition) is 1. The Bertz CT molecular complexity index is 491. The third-order valence-electron chi connectivity index (χ3n) is 2.68. The molecule has 0 aromatic heterocycles. The molecule has 17 heavy (non-hydrogen) atoms. The molecule has 0 saturated carbocycles. The highest BCUT2D eigenvalue weighted by Crippen LogP contribution is 2.46. The van der Waals surface area contributed by atoms with Crippen molar-refractivity contribution in [2.45, 2.75) is 28.8 Å². The molecule has 1 aromatic carbocycles. The molecule has 0 radical (unpaired) electrons. The van der Waals surface area contributed by atoms with Crippen molar-refractivity contribution in [2.75, 3.05) is 0 Å². The van der Waals surface area contributed by atoms with Crippen molar-refractivity contribution in [3.63, 3.8) is 0 Å². The number of alkyl halides is 1. The summed E-state index contributed by atoms with van der Waals surface area (Å²) in [6, 6.07) is 6.61. The van der Waals surface area contributed by atoms with Crippen molar-refractivity contribution < 1.29 is 0 Å². The van der Waals surface area contributed by atoms with Crippen LogP contribution in [-0.2, 0) is 0 Å². The minimum Gasteiger partial charge on any atom is -0.103 e. The molecule has 2 rings (SSSR count). The first-order valence-corrected chi connectivity index (χ1v) is 7.89. The van der Waals surface area contributed by atoms with Crippen molar-refractivity contribution >= 4 is 43.6 Å². The molecule has 1 aliphatic carbocycles. The predicted octanol–water partition coefficient (Wildman–Crippen LogP) is 5.73. The highest BCUT2D eigenvalue weighted by molar-refractivity contribution is 9.12. The average Bonchev–Trinajstić information content (AvgIpc) is 2.27. The molecule has 1 unspecified atom stereocenters. The summed E-state index contributed by atoms with van der Waals surface area (Å²) in [5.41, 5.74) is 2.66. The second-order valence-electron chi connectivity index (χ2n) is 4.28. The highest BCUT2D eigenvalue weighted by atomic mass is 79.9. The van der Waals surface area contributed by atoms with E-state index >= 15 is 0 Å². The van der Waals surface area contributed by atoms with E-state index in [1.807, 2.05) is 11.8 Å². The van der Waals surface area contributed by atoms with Gasteiger partial charge in [-0.3, -0.25) is 0 Å². The third kappa shape index (κ3) is 3.49. The molecule has 0 bridgehead atoms. The van der Waals surface area contributed by atoms with E-state index in [9.17, 15) is 0 Å². The molecular weight excluding hydrogens is 360 g/mol. The maximum atomic E-state index is 3.82. The van der Waals surface area contributed by atoms with Gasteiger partial charge in [-0.25, -0.2) is 0 Å². The summed E-state index contributed by atoms with van der Waals surface area (Å²) >= 11 is 9.19.